The molecule has 1 fully saturated rings. The highest BCUT2D eigenvalue weighted by molar-refractivity contribution is 5.94. The van der Waals surface area contributed by atoms with Gasteiger partial charge in [-0.05, 0) is 73.4 Å². The maximum Gasteiger partial charge on any atom is 0.251 e. The third kappa shape index (κ3) is 3.71. The van der Waals surface area contributed by atoms with Crippen molar-refractivity contribution in [3.8, 4) is 0 Å². The number of carbonyl (C=O) groups is 1. The average molecular weight is 334 g/mol. The molecular weight excluding hydrogens is 308 g/mol. The van der Waals surface area contributed by atoms with Crippen LogP contribution in [-0.2, 0) is 12.8 Å². The quantitative estimate of drug-likeness (QED) is 0.922. The Kier molecular flexibility index (Phi) is 4.73. The zero-order valence-corrected chi connectivity index (χ0v) is 14.7. The molecule has 2 aromatic carbocycles. The van der Waals surface area contributed by atoms with Crippen LogP contribution in [0.4, 0.5) is 5.69 Å². The first-order chi connectivity index (χ1) is 12.3. The molecule has 3 heteroatoms. The first-order valence-electron chi connectivity index (χ1n) is 9.49. The number of benzene rings is 2. The highest BCUT2D eigenvalue weighted by Gasteiger charge is 2.23. The van der Waals surface area contributed by atoms with Gasteiger partial charge in [-0.2, -0.15) is 0 Å². The number of carbonyl (C=O) groups excluding carboxylic acids is 1. The van der Waals surface area contributed by atoms with Crippen LogP contribution in [0.15, 0.2) is 48.5 Å². The number of nitrogens with zero attached hydrogens (tertiary/aromatic N) is 1. The largest absolute Gasteiger partial charge is 0.371 e. The Morgan fingerprint density at radius 1 is 1.04 bits per heavy atom. The van der Waals surface area contributed by atoms with Gasteiger partial charge in [0.05, 0.1) is 0 Å². The Balaban J connectivity index is 1.32. The second-order valence-electron chi connectivity index (χ2n) is 7.34. The molecule has 130 valence electrons. The molecule has 0 bridgehead atoms. The predicted octanol–water partition coefficient (Wildman–Crippen LogP) is 3.82. The summed E-state index contributed by atoms with van der Waals surface area (Å²) in [5.41, 5.74) is 4.90. The topological polar surface area (TPSA) is 32.3 Å². The molecule has 0 spiro atoms. The van der Waals surface area contributed by atoms with Gasteiger partial charge >= 0.3 is 0 Å². The van der Waals surface area contributed by atoms with E-state index in [-0.39, 0.29) is 5.91 Å². The first kappa shape index (κ1) is 16.2. The second kappa shape index (κ2) is 7.30. The fourth-order valence-electron chi connectivity index (χ4n) is 4.09. The van der Waals surface area contributed by atoms with Crippen molar-refractivity contribution in [2.45, 2.75) is 32.1 Å². The number of aryl methyl sites for hydroxylation is 2. The van der Waals surface area contributed by atoms with Crippen molar-refractivity contribution >= 4 is 11.6 Å². The van der Waals surface area contributed by atoms with E-state index in [0.717, 1.165) is 44.5 Å². The molecule has 2 aliphatic rings. The van der Waals surface area contributed by atoms with Gasteiger partial charge in [0.25, 0.3) is 5.91 Å². The molecule has 1 heterocycles. The lowest BCUT2D eigenvalue weighted by molar-refractivity contribution is 0.0948. The van der Waals surface area contributed by atoms with Crippen molar-refractivity contribution in [2.24, 2.45) is 5.92 Å². The van der Waals surface area contributed by atoms with Gasteiger partial charge in [0.1, 0.15) is 0 Å². The van der Waals surface area contributed by atoms with Crippen LogP contribution in [-0.4, -0.2) is 25.5 Å². The molecule has 25 heavy (non-hydrogen) atoms. The number of rotatable bonds is 4. The minimum Gasteiger partial charge on any atom is -0.371 e. The summed E-state index contributed by atoms with van der Waals surface area (Å²) in [5.74, 6) is 0.605. The predicted molar refractivity (Wildman–Crippen MR) is 102 cm³/mol. The van der Waals surface area contributed by atoms with Crippen LogP contribution in [0.5, 0.6) is 0 Å². The van der Waals surface area contributed by atoms with E-state index in [2.05, 4.69) is 52.7 Å². The van der Waals surface area contributed by atoms with E-state index in [4.69, 9.17) is 0 Å². The Labute approximate surface area is 150 Å². The van der Waals surface area contributed by atoms with E-state index in [9.17, 15) is 4.79 Å². The lowest BCUT2D eigenvalue weighted by atomic mass is 9.90. The van der Waals surface area contributed by atoms with Gasteiger partial charge in [0.15, 0.2) is 0 Å². The summed E-state index contributed by atoms with van der Waals surface area (Å²) in [4.78, 5) is 14.9. The van der Waals surface area contributed by atoms with Crippen LogP contribution in [0.3, 0.4) is 0 Å². The van der Waals surface area contributed by atoms with Gasteiger partial charge < -0.3 is 10.2 Å². The van der Waals surface area contributed by atoms with Crippen LogP contribution in [0.25, 0.3) is 0 Å². The summed E-state index contributed by atoms with van der Waals surface area (Å²) in [5, 5.41) is 3.15. The minimum absolute atomic E-state index is 0.0755. The summed E-state index contributed by atoms with van der Waals surface area (Å²) in [6, 6.07) is 16.8. The molecule has 1 aliphatic heterocycles. The van der Waals surface area contributed by atoms with Crippen LogP contribution in [0.2, 0.25) is 0 Å². The SMILES string of the molecule is O=C(NCC1CCN(c2ccccc2)C1)c1ccc2c(c1)CCCC2. The summed E-state index contributed by atoms with van der Waals surface area (Å²) >= 11 is 0. The fraction of sp³-hybridized carbons (Fsp3) is 0.409. The van der Waals surface area contributed by atoms with E-state index in [1.807, 2.05) is 6.07 Å². The molecule has 0 radical (unpaired) electrons. The number of hydrogen-bond donors (Lipinski definition) is 1. The van der Waals surface area contributed by atoms with Crippen LogP contribution in [0, 0.1) is 5.92 Å². The van der Waals surface area contributed by atoms with E-state index in [1.165, 1.54) is 29.7 Å². The van der Waals surface area contributed by atoms with Gasteiger partial charge in [-0.15, -0.1) is 0 Å². The standard InChI is InChI=1S/C22H26N2O/c25-22(20-11-10-18-6-4-5-7-19(18)14-20)23-15-17-12-13-24(16-17)21-8-2-1-3-9-21/h1-3,8-11,14,17H,4-7,12-13,15-16H2,(H,23,25). The molecule has 0 saturated carbocycles. The molecule has 3 nitrogen and oxygen atoms in total. The Hall–Kier alpha value is -2.29. The molecule has 2 aromatic rings. The van der Waals surface area contributed by atoms with Crippen LogP contribution in [0.1, 0.15) is 40.7 Å². The maximum absolute atomic E-state index is 12.5. The highest BCUT2D eigenvalue weighted by atomic mass is 16.1. The molecule has 1 saturated heterocycles. The Morgan fingerprint density at radius 3 is 2.68 bits per heavy atom. The van der Waals surface area contributed by atoms with Gasteiger partial charge in [-0.3, -0.25) is 4.79 Å². The molecule has 1 unspecified atom stereocenters. The van der Waals surface area contributed by atoms with Crippen molar-refractivity contribution < 1.29 is 4.79 Å². The molecule has 0 aromatic heterocycles. The molecule has 4 rings (SSSR count). The molecular formula is C22H26N2O. The summed E-state index contributed by atoms with van der Waals surface area (Å²) in [6.07, 6.45) is 5.94. The third-order valence-electron chi connectivity index (χ3n) is 5.57. The van der Waals surface area contributed by atoms with Gasteiger partial charge in [-0.25, -0.2) is 0 Å². The summed E-state index contributed by atoms with van der Waals surface area (Å²) in [6.45, 7) is 2.86. The summed E-state index contributed by atoms with van der Waals surface area (Å²) < 4.78 is 0. The van der Waals surface area contributed by atoms with E-state index >= 15 is 0 Å². The molecule has 1 N–H and O–H groups in total. The zero-order chi connectivity index (χ0) is 17.1. The number of nitrogens with one attached hydrogen (secondary N) is 1. The molecule has 1 amide bonds. The smallest absolute Gasteiger partial charge is 0.251 e. The molecule has 1 aliphatic carbocycles. The maximum atomic E-state index is 12.5. The van der Waals surface area contributed by atoms with Gasteiger partial charge in [0, 0.05) is 30.9 Å². The number of para-hydroxylation sites is 1. The van der Waals surface area contributed by atoms with Crippen LogP contribution < -0.4 is 10.2 Å². The second-order valence-corrected chi connectivity index (χ2v) is 7.34. The number of hydrogen-bond acceptors (Lipinski definition) is 2. The zero-order valence-electron chi connectivity index (χ0n) is 14.7. The number of fused-ring (bicyclic) bond motifs is 1. The van der Waals surface area contributed by atoms with E-state index in [0.29, 0.717) is 5.92 Å². The lowest BCUT2D eigenvalue weighted by Crippen LogP contribution is -2.31. The van der Waals surface area contributed by atoms with E-state index in [1.54, 1.807) is 0 Å². The normalized spacial score (nSPS) is 19.5. The average Bonchev–Trinajstić information content (AvgIpc) is 3.15. The number of amides is 1. The number of anilines is 1. The van der Waals surface area contributed by atoms with Crippen molar-refractivity contribution in [3.05, 3.63) is 65.2 Å². The first-order valence-corrected chi connectivity index (χ1v) is 9.49. The van der Waals surface area contributed by atoms with E-state index < -0.39 is 0 Å². The van der Waals surface area contributed by atoms with Crippen molar-refractivity contribution in [2.75, 3.05) is 24.5 Å². The fourth-order valence-corrected chi connectivity index (χ4v) is 4.09. The van der Waals surface area contributed by atoms with Gasteiger partial charge in [-0.1, -0.05) is 24.3 Å². The summed E-state index contributed by atoms with van der Waals surface area (Å²) in [7, 11) is 0. The van der Waals surface area contributed by atoms with Gasteiger partial charge in [0.2, 0.25) is 0 Å². The Morgan fingerprint density at radius 2 is 1.84 bits per heavy atom. The monoisotopic (exact) mass is 334 g/mol. The van der Waals surface area contributed by atoms with Crippen molar-refractivity contribution in [1.29, 1.82) is 0 Å². The highest BCUT2D eigenvalue weighted by Crippen LogP contribution is 2.24. The Bertz CT molecular complexity index is 741. The van der Waals surface area contributed by atoms with Crippen molar-refractivity contribution in [3.63, 3.8) is 0 Å². The van der Waals surface area contributed by atoms with Crippen LogP contribution >= 0.6 is 0 Å². The third-order valence-corrected chi connectivity index (χ3v) is 5.57. The molecule has 1 atom stereocenters. The minimum atomic E-state index is 0.0755. The van der Waals surface area contributed by atoms with Crippen molar-refractivity contribution in [1.82, 2.24) is 5.32 Å². The lowest BCUT2D eigenvalue weighted by Gasteiger charge is -2.19.